The number of halogens is 1. The van der Waals surface area contributed by atoms with E-state index >= 15 is 0 Å². The maximum absolute atomic E-state index is 13.1. The third kappa shape index (κ3) is 3.00. The molecule has 0 unspecified atom stereocenters. The number of hydrogen-bond acceptors (Lipinski definition) is 3. The summed E-state index contributed by atoms with van der Waals surface area (Å²) in [5, 5.41) is 12.4. The minimum Gasteiger partial charge on any atom is -0.397 e. The van der Waals surface area contributed by atoms with Crippen LogP contribution in [0.5, 0.6) is 0 Å². The van der Waals surface area contributed by atoms with E-state index in [1.54, 1.807) is 18.2 Å². The Morgan fingerprint density at radius 3 is 2.36 bits per heavy atom. The monoisotopic (exact) mass is 340 g/mol. The molecule has 2 saturated carbocycles. The van der Waals surface area contributed by atoms with Crippen molar-refractivity contribution in [2.24, 2.45) is 11.3 Å². The molecule has 0 heterocycles. The number of aliphatic hydroxyl groups is 1. The first kappa shape index (κ1) is 16.1. The number of amides is 1. The van der Waals surface area contributed by atoms with Gasteiger partial charge in [-0.3, -0.25) is 4.79 Å². The molecule has 1 amide bonds. The van der Waals surface area contributed by atoms with E-state index in [9.17, 15) is 14.3 Å². The van der Waals surface area contributed by atoms with E-state index in [1.807, 2.05) is 12.1 Å². The van der Waals surface area contributed by atoms with Gasteiger partial charge < -0.3 is 16.2 Å². The van der Waals surface area contributed by atoms with Crippen molar-refractivity contribution < 1.29 is 14.3 Å². The Hall–Kier alpha value is -2.40. The van der Waals surface area contributed by atoms with Gasteiger partial charge in [0.1, 0.15) is 5.82 Å². The van der Waals surface area contributed by atoms with Crippen LogP contribution in [0.25, 0.3) is 11.1 Å². The number of benzene rings is 2. The highest BCUT2D eigenvalue weighted by atomic mass is 19.1. The van der Waals surface area contributed by atoms with Crippen LogP contribution in [0.15, 0.2) is 42.5 Å². The molecule has 0 aromatic heterocycles. The molecule has 4 nitrogen and oxygen atoms in total. The lowest BCUT2D eigenvalue weighted by molar-refractivity contribution is -0.143. The molecule has 130 valence electrons. The topological polar surface area (TPSA) is 75.3 Å². The highest BCUT2D eigenvalue weighted by Gasteiger charge is 2.54. The molecule has 0 radical (unpaired) electrons. The zero-order valence-corrected chi connectivity index (χ0v) is 13.8. The first-order chi connectivity index (χ1) is 11.9. The second-order valence-corrected chi connectivity index (χ2v) is 7.47. The van der Waals surface area contributed by atoms with Crippen LogP contribution >= 0.6 is 0 Å². The Morgan fingerprint density at radius 2 is 1.72 bits per heavy atom. The minimum absolute atomic E-state index is 0.0126. The molecular weight excluding hydrogens is 319 g/mol. The zero-order valence-electron chi connectivity index (χ0n) is 13.8. The second kappa shape index (κ2) is 5.85. The summed E-state index contributed by atoms with van der Waals surface area (Å²) in [7, 11) is 0. The van der Waals surface area contributed by atoms with Crippen molar-refractivity contribution in [2.75, 3.05) is 11.1 Å². The lowest BCUT2D eigenvalue weighted by Crippen LogP contribution is -2.52. The molecular formula is C20H21FN2O2. The summed E-state index contributed by atoms with van der Waals surface area (Å²) < 4.78 is 13.1. The van der Waals surface area contributed by atoms with Gasteiger partial charge >= 0.3 is 0 Å². The second-order valence-electron chi connectivity index (χ2n) is 7.47. The summed E-state index contributed by atoms with van der Waals surface area (Å²) in [5.74, 6) is -0.316. The minimum atomic E-state index is -0.284. The fourth-order valence-corrected chi connectivity index (χ4v) is 4.17. The van der Waals surface area contributed by atoms with Gasteiger partial charge in [-0.25, -0.2) is 4.39 Å². The number of nitrogen functional groups attached to an aromatic ring is 1. The van der Waals surface area contributed by atoms with Gasteiger partial charge in [0, 0.05) is 5.92 Å². The van der Waals surface area contributed by atoms with Gasteiger partial charge in [-0.1, -0.05) is 18.2 Å². The largest absolute Gasteiger partial charge is 0.397 e. The molecule has 2 fully saturated rings. The summed E-state index contributed by atoms with van der Waals surface area (Å²) in [4.78, 5) is 12.5. The molecule has 0 atom stereocenters. The molecule has 0 bridgehead atoms. The van der Waals surface area contributed by atoms with Crippen LogP contribution in [0, 0.1) is 17.2 Å². The Labute approximate surface area is 145 Å². The van der Waals surface area contributed by atoms with E-state index in [1.165, 1.54) is 12.1 Å². The maximum atomic E-state index is 13.1. The fraction of sp³-hybridized carbons (Fsp3) is 0.350. The maximum Gasteiger partial charge on any atom is 0.227 e. The van der Waals surface area contributed by atoms with E-state index in [4.69, 9.17) is 5.73 Å². The van der Waals surface area contributed by atoms with Gasteiger partial charge in [0.2, 0.25) is 5.91 Å². The molecule has 4 N–H and O–H groups in total. The van der Waals surface area contributed by atoms with Crippen molar-refractivity contribution in [2.45, 2.75) is 31.8 Å². The van der Waals surface area contributed by atoms with Gasteiger partial charge in [-0.05, 0) is 66.5 Å². The van der Waals surface area contributed by atoms with Gasteiger partial charge in [-0.2, -0.15) is 0 Å². The van der Waals surface area contributed by atoms with Crippen LogP contribution in [-0.2, 0) is 4.79 Å². The predicted octanol–water partition coefficient (Wildman–Crippen LogP) is 3.56. The average molecular weight is 340 g/mol. The van der Waals surface area contributed by atoms with Crippen molar-refractivity contribution in [1.29, 1.82) is 0 Å². The Bertz CT molecular complexity index is 805. The van der Waals surface area contributed by atoms with Crippen LogP contribution in [0.4, 0.5) is 15.8 Å². The number of nitrogens with two attached hydrogens (primary N) is 1. The SMILES string of the molecule is Nc1ccc(-c2ccc(F)cc2)cc1NC(=O)C1CC2(CC(O)C2)C1. The molecule has 4 rings (SSSR count). The van der Waals surface area contributed by atoms with Crippen molar-refractivity contribution in [1.82, 2.24) is 0 Å². The number of nitrogens with one attached hydrogen (secondary N) is 1. The van der Waals surface area contributed by atoms with Crippen LogP contribution in [-0.4, -0.2) is 17.1 Å². The molecule has 1 spiro atoms. The molecule has 2 aliphatic rings. The van der Waals surface area contributed by atoms with Crippen molar-refractivity contribution >= 4 is 17.3 Å². The standard InChI is InChI=1S/C20H21FN2O2/c21-15-4-1-12(2-5-15)13-3-6-17(22)18(7-13)23-19(25)14-8-20(9-14)10-16(24)11-20/h1-7,14,16,24H,8-11,22H2,(H,23,25). The summed E-state index contributed by atoms with van der Waals surface area (Å²) in [5.41, 5.74) is 9.03. The smallest absolute Gasteiger partial charge is 0.227 e. The fourth-order valence-electron chi connectivity index (χ4n) is 4.17. The Kier molecular flexibility index (Phi) is 3.76. The van der Waals surface area contributed by atoms with E-state index in [0.717, 1.165) is 36.8 Å². The first-order valence-electron chi connectivity index (χ1n) is 8.59. The quantitative estimate of drug-likeness (QED) is 0.748. The van der Waals surface area contributed by atoms with E-state index in [2.05, 4.69) is 5.32 Å². The molecule has 5 heteroatoms. The summed E-state index contributed by atoms with van der Waals surface area (Å²) in [6, 6.07) is 11.6. The molecule has 25 heavy (non-hydrogen) atoms. The van der Waals surface area contributed by atoms with Gasteiger partial charge in [0.25, 0.3) is 0 Å². The molecule has 2 aliphatic carbocycles. The highest BCUT2D eigenvalue weighted by molar-refractivity contribution is 5.97. The Morgan fingerprint density at radius 1 is 1.08 bits per heavy atom. The van der Waals surface area contributed by atoms with E-state index < -0.39 is 0 Å². The molecule has 0 aliphatic heterocycles. The van der Waals surface area contributed by atoms with Crippen molar-refractivity contribution in [3.05, 3.63) is 48.3 Å². The molecule has 2 aromatic carbocycles. The van der Waals surface area contributed by atoms with Crippen molar-refractivity contribution in [3.63, 3.8) is 0 Å². The van der Waals surface area contributed by atoms with E-state index in [0.29, 0.717) is 11.4 Å². The lowest BCUT2D eigenvalue weighted by Gasteiger charge is -2.55. The van der Waals surface area contributed by atoms with Crippen LogP contribution in [0.3, 0.4) is 0 Å². The lowest BCUT2D eigenvalue weighted by atomic mass is 9.50. The summed E-state index contributed by atoms with van der Waals surface area (Å²) in [6.07, 6.45) is 3.13. The van der Waals surface area contributed by atoms with Gasteiger partial charge in [0.05, 0.1) is 17.5 Å². The van der Waals surface area contributed by atoms with Gasteiger partial charge in [0.15, 0.2) is 0 Å². The highest BCUT2D eigenvalue weighted by Crippen LogP contribution is 2.58. The number of rotatable bonds is 3. The summed E-state index contributed by atoms with van der Waals surface area (Å²) in [6.45, 7) is 0. The number of carbonyl (C=O) groups is 1. The average Bonchev–Trinajstić information content (AvgIpc) is 2.52. The predicted molar refractivity (Wildman–Crippen MR) is 95.3 cm³/mol. The van der Waals surface area contributed by atoms with Crippen LogP contribution < -0.4 is 11.1 Å². The van der Waals surface area contributed by atoms with E-state index in [-0.39, 0.29) is 29.2 Å². The Balaban J connectivity index is 1.46. The zero-order chi connectivity index (χ0) is 17.6. The number of aliphatic hydroxyl groups excluding tert-OH is 1. The van der Waals surface area contributed by atoms with Gasteiger partial charge in [-0.15, -0.1) is 0 Å². The van der Waals surface area contributed by atoms with Crippen LogP contribution in [0.2, 0.25) is 0 Å². The molecule has 0 saturated heterocycles. The number of hydrogen-bond donors (Lipinski definition) is 3. The normalized spacial score (nSPS) is 27.4. The van der Waals surface area contributed by atoms with Crippen molar-refractivity contribution in [3.8, 4) is 11.1 Å². The number of anilines is 2. The molecule has 2 aromatic rings. The third-order valence-electron chi connectivity index (χ3n) is 5.56. The summed E-state index contributed by atoms with van der Waals surface area (Å²) >= 11 is 0. The first-order valence-corrected chi connectivity index (χ1v) is 8.59. The van der Waals surface area contributed by atoms with Crippen LogP contribution in [0.1, 0.15) is 25.7 Å². The third-order valence-corrected chi connectivity index (χ3v) is 5.56. The number of carbonyl (C=O) groups excluding carboxylic acids is 1.